The highest BCUT2D eigenvalue weighted by Gasteiger charge is 2.23. The predicted octanol–water partition coefficient (Wildman–Crippen LogP) is 3.42. The molecule has 0 radical (unpaired) electrons. The first-order valence-corrected chi connectivity index (χ1v) is 8.99. The molecule has 1 aromatic heterocycles. The smallest absolute Gasteiger partial charge is 0.295 e. The third kappa shape index (κ3) is 3.83. The molecule has 146 valence electrons. The minimum absolute atomic E-state index is 0.206. The van der Waals surface area contributed by atoms with Crippen LogP contribution in [0.15, 0.2) is 59.4 Å². The van der Waals surface area contributed by atoms with Crippen LogP contribution in [0.4, 0.5) is 10.1 Å². The second-order valence-electron chi connectivity index (χ2n) is 6.39. The summed E-state index contributed by atoms with van der Waals surface area (Å²) in [5, 5.41) is 2.70. The molecular formula is C21H22FN3O3. The largest absolute Gasteiger partial charge is 0.481 e. The van der Waals surface area contributed by atoms with Crippen molar-refractivity contribution in [1.29, 1.82) is 0 Å². The fraction of sp³-hybridized carbons (Fsp3) is 0.238. The number of nitrogens with one attached hydrogen (secondary N) is 1. The molecule has 6 nitrogen and oxygen atoms in total. The number of rotatable bonds is 6. The molecule has 1 heterocycles. The Labute approximate surface area is 162 Å². The maximum atomic E-state index is 13.0. The first-order chi connectivity index (χ1) is 13.4. The number of carbonyl (C=O) groups excluding carboxylic acids is 1. The van der Waals surface area contributed by atoms with Gasteiger partial charge in [-0.15, -0.1) is 0 Å². The Morgan fingerprint density at radius 3 is 2.39 bits per heavy atom. The summed E-state index contributed by atoms with van der Waals surface area (Å²) in [4.78, 5) is 25.6. The molecule has 0 saturated heterocycles. The van der Waals surface area contributed by atoms with Crippen LogP contribution < -0.4 is 15.6 Å². The number of aromatic nitrogens is 2. The standard InChI is InChI=1S/C21H22FN3O3/c1-4-18(28-17-12-10-15(22)11-13-17)20(26)23-19-14(2)24(3)25(21(19)27)16-8-6-5-7-9-16/h5-13,18H,4H2,1-3H3,(H,23,26)/t18-/m0/s1. The van der Waals surface area contributed by atoms with Gasteiger partial charge in [0, 0.05) is 7.05 Å². The van der Waals surface area contributed by atoms with E-state index in [0.717, 1.165) is 0 Å². The SMILES string of the molecule is CC[C@H](Oc1ccc(F)cc1)C(=O)Nc1c(C)n(C)n(-c2ccccc2)c1=O. The van der Waals surface area contributed by atoms with Gasteiger partial charge in [-0.1, -0.05) is 25.1 Å². The average Bonchev–Trinajstić information content (AvgIpc) is 2.91. The molecule has 0 saturated carbocycles. The number of hydrogen-bond acceptors (Lipinski definition) is 3. The van der Waals surface area contributed by atoms with Gasteiger partial charge in [0.05, 0.1) is 11.4 Å². The van der Waals surface area contributed by atoms with Crippen LogP contribution in [0.5, 0.6) is 5.75 Å². The lowest BCUT2D eigenvalue weighted by atomic mass is 10.2. The van der Waals surface area contributed by atoms with Gasteiger partial charge < -0.3 is 10.1 Å². The first kappa shape index (κ1) is 19.4. The van der Waals surface area contributed by atoms with E-state index in [-0.39, 0.29) is 17.1 Å². The maximum absolute atomic E-state index is 13.0. The minimum atomic E-state index is -0.811. The number of nitrogens with zero attached hydrogens (tertiary/aromatic N) is 2. The van der Waals surface area contributed by atoms with Crippen LogP contribution in [0.2, 0.25) is 0 Å². The average molecular weight is 383 g/mol. The molecule has 0 aliphatic carbocycles. The zero-order chi connectivity index (χ0) is 20.3. The minimum Gasteiger partial charge on any atom is -0.481 e. The number of halogens is 1. The lowest BCUT2D eigenvalue weighted by Gasteiger charge is -2.16. The van der Waals surface area contributed by atoms with E-state index in [1.54, 1.807) is 25.6 Å². The monoisotopic (exact) mass is 383 g/mol. The van der Waals surface area contributed by atoms with Crippen LogP contribution in [0.1, 0.15) is 19.0 Å². The summed E-state index contributed by atoms with van der Waals surface area (Å²) < 4.78 is 21.9. The van der Waals surface area contributed by atoms with Crippen LogP contribution >= 0.6 is 0 Å². The fourth-order valence-electron chi connectivity index (χ4n) is 2.92. The maximum Gasteiger partial charge on any atom is 0.295 e. The fourth-order valence-corrected chi connectivity index (χ4v) is 2.92. The molecule has 1 amide bonds. The number of amides is 1. The second kappa shape index (κ2) is 8.12. The van der Waals surface area contributed by atoms with Gasteiger partial charge in [-0.3, -0.25) is 14.3 Å². The van der Waals surface area contributed by atoms with Crippen molar-refractivity contribution >= 4 is 11.6 Å². The van der Waals surface area contributed by atoms with E-state index in [4.69, 9.17) is 4.74 Å². The van der Waals surface area contributed by atoms with E-state index < -0.39 is 12.0 Å². The summed E-state index contributed by atoms with van der Waals surface area (Å²) >= 11 is 0. The highest BCUT2D eigenvalue weighted by Crippen LogP contribution is 2.17. The molecule has 0 bridgehead atoms. The molecule has 0 aliphatic rings. The van der Waals surface area contributed by atoms with Crippen LogP contribution in [0, 0.1) is 12.7 Å². The van der Waals surface area contributed by atoms with Crippen LogP contribution in [-0.4, -0.2) is 21.4 Å². The summed E-state index contributed by atoms with van der Waals surface area (Å²) in [6.45, 7) is 3.56. The Morgan fingerprint density at radius 2 is 1.79 bits per heavy atom. The Kier molecular flexibility index (Phi) is 5.63. The summed E-state index contributed by atoms with van der Waals surface area (Å²) in [5.41, 5.74) is 1.21. The number of carbonyl (C=O) groups is 1. The third-order valence-corrected chi connectivity index (χ3v) is 4.56. The summed E-state index contributed by atoms with van der Waals surface area (Å²) in [6, 6.07) is 14.6. The van der Waals surface area contributed by atoms with E-state index in [1.165, 1.54) is 28.9 Å². The topological polar surface area (TPSA) is 65.3 Å². The zero-order valence-electron chi connectivity index (χ0n) is 16.0. The second-order valence-corrected chi connectivity index (χ2v) is 6.39. The highest BCUT2D eigenvalue weighted by molar-refractivity contribution is 5.94. The van der Waals surface area contributed by atoms with Gasteiger partial charge in [-0.25, -0.2) is 9.07 Å². The van der Waals surface area contributed by atoms with Gasteiger partial charge in [0.25, 0.3) is 11.5 Å². The molecule has 28 heavy (non-hydrogen) atoms. The Hall–Kier alpha value is -3.35. The predicted molar refractivity (Wildman–Crippen MR) is 105 cm³/mol. The van der Waals surface area contributed by atoms with Crippen molar-refractivity contribution in [2.24, 2.45) is 7.05 Å². The van der Waals surface area contributed by atoms with Crippen LogP contribution in [0.3, 0.4) is 0 Å². The zero-order valence-corrected chi connectivity index (χ0v) is 16.0. The number of para-hydroxylation sites is 1. The molecule has 0 spiro atoms. The highest BCUT2D eigenvalue weighted by atomic mass is 19.1. The van der Waals surface area contributed by atoms with Crippen LogP contribution in [0.25, 0.3) is 5.69 Å². The molecular weight excluding hydrogens is 361 g/mol. The summed E-state index contributed by atoms with van der Waals surface area (Å²) in [7, 11) is 1.76. The van der Waals surface area contributed by atoms with E-state index in [0.29, 0.717) is 23.6 Å². The van der Waals surface area contributed by atoms with Crippen molar-refractivity contribution in [1.82, 2.24) is 9.36 Å². The molecule has 2 aromatic carbocycles. The van der Waals surface area contributed by atoms with Crippen molar-refractivity contribution in [2.45, 2.75) is 26.4 Å². The Balaban J connectivity index is 1.85. The van der Waals surface area contributed by atoms with Crippen molar-refractivity contribution < 1.29 is 13.9 Å². The van der Waals surface area contributed by atoms with E-state index in [2.05, 4.69) is 5.32 Å². The summed E-state index contributed by atoms with van der Waals surface area (Å²) in [5.74, 6) is -0.432. The number of benzene rings is 2. The molecule has 0 aliphatic heterocycles. The Bertz CT molecular complexity index is 1020. The Morgan fingerprint density at radius 1 is 1.14 bits per heavy atom. The van der Waals surface area contributed by atoms with Crippen LogP contribution in [-0.2, 0) is 11.8 Å². The molecule has 3 aromatic rings. The van der Waals surface area contributed by atoms with Crippen molar-refractivity contribution in [3.05, 3.63) is 76.5 Å². The number of ether oxygens (including phenoxy) is 1. The van der Waals surface area contributed by atoms with Crippen molar-refractivity contribution in [2.75, 3.05) is 5.32 Å². The lowest BCUT2D eigenvalue weighted by Crippen LogP contribution is -2.34. The van der Waals surface area contributed by atoms with Crippen molar-refractivity contribution in [3.8, 4) is 11.4 Å². The molecule has 0 fully saturated rings. The van der Waals surface area contributed by atoms with Gasteiger partial charge in [-0.05, 0) is 49.7 Å². The number of anilines is 1. The third-order valence-electron chi connectivity index (χ3n) is 4.56. The quantitative estimate of drug-likeness (QED) is 0.709. The normalized spacial score (nSPS) is 11.9. The van der Waals surface area contributed by atoms with E-state index in [9.17, 15) is 14.0 Å². The van der Waals surface area contributed by atoms with Gasteiger partial charge in [0.15, 0.2) is 6.10 Å². The van der Waals surface area contributed by atoms with Crippen molar-refractivity contribution in [3.63, 3.8) is 0 Å². The van der Waals surface area contributed by atoms with Gasteiger partial charge in [0.1, 0.15) is 17.3 Å². The van der Waals surface area contributed by atoms with E-state index in [1.807, 2.05) is 30.3 Å². The van der Waals surface area contributed by atoms with Gasteiger partial charge in [-0.2, -0.15) is 0 Å². The molecule has 0 unspecified atom stereocenters. The van der Waals surface area contributed by atoms with Gasteiger partial charge >= 0.3 is 0 Å². The molecule has 1 atom stereocenters. The molecule has 7 heteroatoms. The number of hydrogen-bond donors (Lipinski definition) is 1. The molecule has 1 N–H and O–H groups in total. The molecule has 3 rings (SSSR count). The van der Waals surface area contributed by atoms with E-state index >= 15 is 0 Å². The summed E-state index contributed by atoms with van der Waals surface area (Å²) in [6.07, 6.45) is -0.420. The van der Waals surface area contributed by atoms with Gasteiger partial charge in [0.2, 0.25) is 0 Å². The lowest BCUT2D eigenvalue weighted by molar-refractivity contribution is -0.122. The first-order valence-electron chi connectivity index (χ1n) is 8.99.